The summed E-state index contributed by atoms with van der Waals surface area (Å²) < 4.78 is 11.6. The van der Waals surface area contributed by atoms with E-state index in [-0.39, 0.29) is 23.7 Å². The Hall–Kier alpha value is -2.33. The fraction of sp³-hybridized carbons (Fsp3) is 0.238. The van der Waals surface area contributed by atoms with Gasteiger partial charge >= 0.3 is 0 Å². The molecule has 1 aliphatic rings. The molecule has 0 saturated carbocycles. The monoisotopic (exact) mass is 352 g/mol. The molecule has 1 atom stereocenters. The molecule has 128 valence electrons. The van der Waals surface area contributed by atoms with Gasteiger partial charge in [-0.15, -0.1) is 0 Å². The Morgan fingerprint density at radius 1 is 0.800 bits per heavy atom. The second-order valence-corrected chi connectivity index (χ2v) is 8.12. The summed E-state index contributed by atoms with van der Waals surface area (Å²) in [5.41, 5.74) is 2.81. The molecular weight excluding hydrogens is 332 g/mol. The zero-order chi connectivity index (χ0) is 18.0. The highest BCUT2D eigenvalue weighted by Gasteiger charge is 2.53. The van der Waals surface area contributed by atoms with Crippen LogP contribution in [0, 0.1) is 0 Å². The van der Waals surface area contributed by atoms with Crippen molar-refractivity contribution in [1.29, 1.82) is 0 Å². The van der Waals surface area contributed by atoms with E-state index in [0.29, 0.717) is 11.1 Å². The maximum absolute atomic E-state index is 13.4. The third-order valence-corrected chi connectivity index (χ3v) is 6.77. The van der Waals surface area contributed by atoms with Crippen LogP contribution in [-0.2, 0) is 10.8 Å². The van der Waals surface area contributed by atoms with Gasteiger partial charge in [-0.25, -0.2) is 0 Å². The Labute approximate surface area is 150 Å². The lowest BCUT2D eigenvalue weighted by atomic mass is 9.83. The van der Waals surface area contributed by atoms with Gasteiger partial charge in [-0.3, -0.25) is 13.8 Å². The Balaban J connectivity index is 2.18. The van der Waals surface area contributed by atoms with Crippen molar-refractivity contribution in [3.8, 4) is 0 Å². The predicted octanol–water partition coefficient (Wildman–Crippen LogP) is 3.98. The van der Waals surface area contributed by atoms with E-state index in [4.69, 9.17) is 0 Å². The molecular formula is C21H20O3S. The van der Waals surface area contributed by atoms with E-state index in [1.807, 2.05) is 26.0 Å². The van der Waals surface area contributed by atoms with Crippen LogP contribution in [0.1, 0.15) is 41.0 Å². The standard InChI is InChI=1S/C21H20O3S/c1-15-13-21(25(24)14-16(15)2,19(22)17-9-5-3-6-10-17)20(23)18-11-7-4-8-12-18/h3-12H,13-14H2,1-2H3. The highest BCUT2D eigenvalue weighted by Crippen LogP contribution is 2.37. The number of carbonyl (C=O) groups is 2. The number of benzene rings is 2. The Kier molecular flexibility index (Phi) is 4.82. The minimum atomic E-state index is -1.61. The normalized spacial score (nSPS) is 19.5. The molecule has 3 rings (SSSR count). The van der Waals surface area contributed by atoms with Gasteiger partial charge in [-0.1, -0.05) is 71.8 Å². The van der Waals surface area contributed by atoms with Crippen molar-refractivity contribution in [3.05, 3.63) is 82.9 Å². The quantitative estimate of drug-likeness (QED) is 0.475. The topological polar surface area (TPSA) is 51.2 Å². The third kappa shape index (κ3) is 3.02. The Morgan fingerprint density at radius 3 is 1.68 bits per heavy atom. The van der Waals surface area contributed by atoms with E-state index >= 15 is 0 Å². The smallest absolute Gasteiger partial charge is 0.189 e. The Morgan fingerprint density at radius 2 is 1.24 bits per heavy atom. The zero-order valence-electron chi connectivity index (χ0n) is 14.3. The highest BCUT2D eigenvalue weighted by atomic mass is 32.2. The van der Waals surface area contributed by atoms with E-state index in [9.17, 15) is 13.8 Å². The number of ketones is 2. The first-order valence-corrected chi connectivity index (χ1v) is 9.52. The second-order valence-electron chi connectivity index (χ2n) is 6.44. The van der Waals surface area contributed by atoms with Crippen LogP contribution in [0.2, 0.25) is 0 Å². The van der Waals surface area contributed by atoms with Gasteiger partial charge < -0.3 is 0 Å². The third-order valence-electron chi connectivity index (χ3n) is 4.78. The van der Waals surface area contributed by atoms with Crippen LogP contribution in [0.5, 0.6) is 0 Å². The van der Waals surface area contributed by atoms with Crippen LogP contribution in [0.25, 0.3) is 0 Å². The lowest BCUT2D eigenvalue weighted by Crippen LogP contribution is -2.53. The van der Waals surface area contributed by atoms with Crippen LogP contribution in [0.15, 0.2) is 71.8 Å². The van der Waals surface area contributed by atoms with Crippen LogP contribution in [-0.4, -0.2) is 26.3 Å². The zero-order valence-corrected chi connectivity index (χ0v) is 15.1. The molecule has 2 aromatic carbocycles. The van der Waals surface area contributed by atoms with E-state index in [2.05, 4.69) is 0 Å². The van der Waals surface area contributed by atoms with Gasteiger partial charge in [0.05, 0.1) is 0 Å². The molecule has 1 unspecified atom stereocenters. The van der Waals surface area contributed by atoms with Gasteiger partial charge in [0.25, 0.3) is 0 Å². The molecule has 1 aliphatic heterocycles. The largest absolute Gasteiger partial charge is 0.292 e. The van der Waals surface area contributed by atoms with Gasteiger partial charge in [-0.05, 0) is 13.8 Å². The molecule has 25 heavy (non-hydrogen) atoms. The molecule has 2 aromatic rings. The number of rotatable bonds is 4. The average Bonchev–Trinajstić information content (AvgIpc) is 2.65. The molecule has 4 heteroatoms. The number of Topliss-reactive ketones (excluding diaryl/α,β-unsaturated/α-hetero) is 2. The minimum absolute atomic E-state index is 0.201. The molecule has 0 aromatic heterocycles. The first kappa shape index (κ1) is 17.5. The summed E-state index contributed by atoms with van der Waals surface area (Å²) >= 11 is 0. The second kappa shape index (κ2) is 6.89. The first-order valence-electron chi connectivity index (χ1n) is 8.20. The molecule has 0 N–H and O–H groups in total. The van der Waals surface area contributed by atoms with Crippen molar-refractivity contribution in [2.75, 3.05) is 5.75 Å². The van der Waals surface area contributed by atoms with Crippen molar-refractivity contribution in [3.63, 3.8) is 0 Å². The maximum Gasteiger partial charge on any atom is 0.189 e. The molecule has 1 heterocycles. The molecule has 0 bridgehead atoms. The van der Waals surface area contributed by atoms with E-state index in [1.165, 1.54) is 0 Å². The van der Waals surface area contributed by atoms with Gasteiger partial charge in [0, 0.05) is 34.1 Å². The molecule has 3 nitrogen and oxygen atoms in total. The van der Waals surface area contributed by atoms with Crippen LogP contribution in [0.4, 0.5) is 0 Å². The number of allylic oxidation sites excluding steroid dienone is 1. The lowest BCUT2D eigenvalue weighted by Gasteiger charge is -2.35. The number of hydrogen-bond acceptors (Lipinski definition) is 3. The van der Waals surface area contributed by atoms with E-state index in [0.717, 1.165) is 11.1 Å². The molecule has 0 amide bonds. The Bertz CT molecular complexity index is 815. The first-order chi connectivity index (χ1) is 12.0. The van der Waals surface area contributed by atoms with Crippen molar-refractivity contribution >= 4 is 22.4 Å². The summed E-state index contributed by atoms with van der Waals surface area (Å²) in [6.07, 6.45) is 0.201. The van der Waals surface area contributed by atoms with Gasteiger partial charge in [0.15, 0.2) is 16.3 Å². The van der Waals surface area contributed by atoms with Crippen molar-refractivity contribution in [1.82, 2.24) is 0 Å². The summed E-state index contributed by atoms with van der Waals surface area (Å²) in [5.74, 6) is -0.456. The van der Waals surface area contributed by atoms with Gasteiger partial charge in [0.1, 0.15) is 0 Å². The fourth-order valence-electron chi connectivity index (χ4n) is 3.16. The SMILES string of the molecule is CC1=C(C)CC(C(=O)c2ccccc2)(C(=O)c2ccccc2)S(=O)C1. The molecule has 0 radical (unpaired) electrons. The summed E-state index contributed by atoms with van der Waals surface area (Å²) in [7, 11) is -1.61. The average molecular weight is 352 g/mol. The van der Waals surface area contributed by atoms with Crippen molar-refractivity contribution in [2.24, 2.45) is 0 Å². The van der Waals surface area contributed by atoms with Crippen LogP contribution in [0.3, 0.4) is 0 Å². The summed E-state index contributed by atoms with van der Waals surface area (Å²) in [4.78, 5) is 26.7. The van der Waals surface area contributed by atoms with Crippen molar-refractivity contribution < 1.29 is 13.8 Å². The van der Waals surface area contributed by atoms with E-state index in [1.54, 1.807) is 48.5 Å². The van der Waals surface area contributed by atoms with Crippen LogP contribution >= 0.6 is 0 Å². The highest BCUT2D eigenvalue weighted by molar-refractivity contribution is 7.88. The minimum Gasteiger partial charge on any atom is -0.292 e. The fourth-order valence-corrected chi connectivity index (χ4v) is 5.08. The van der Waals surface area contributed by atoms with Crippen molar-refractivity contribution in [2.45, 2.75) is 25.0 Å². The van der Waals surface area contributed by atoms with Gasteiger partial charge in [-0.2, -0.15) is 0 Å². The lowest BCUT2D eigenvalue weighted by molar-refractivity contribution is 0.0832. The van der Waals surface area contributed by atoms with E-state index < -0.39 is 15.5 Å². The maximum atomic E-state index is 13.4. The molecule has 0 saturated heterocycles. The van der Waals surface area contributed by atoms with Gasteiger partial charge in [0.2, 0.25) is 0 Å². The predicted molar refractivity (Wildman–Crippen MR) is 100 cm³/mol. The summed E-state index contributed by atoms with van der Waals surface area (Å²) in [6, 6.07) is 17.4. The molecule has 0 aliphatic carbocycles. The molecule has 0 fully saturated rings. The summed E-state index contributed by atoms with van der Waals surface area (Å²) in [5, 5.41) is 0. The number of carbonyl (C=O) groups excluding carboxylic acids is 2. The van der Waals surface area contributed by atoms with Crippen LogP contribution < -0.4 is 0 Å². The summed E-state index contributed by atoms with van der Waals surface area (Å²) in [6.45, 7) is 3.83. The molecule has 0 spiro atoms. The number of hydrogen-bond donors (Lipinski definition) is 0.